The topological polar surface area (TPSA) is 116 Å². The van der Waals surface area contributed by atoms with Crippen molar-refractivity contribution in [3.8, 4) is 23.0 Å². The fourth-order valence-electron chi connectivity index (χ4n) is 7.47. The minimum atomic E-state index is -1.92. The van der Waals surface area contributed by atoms with Gasteiger partial charge in [0.25, 0.3) is 5.91 Å². The van der Waals surface area contributed by atoms with Gasteiger partial charge in [-0.2, -0.15) is 0 Å². The minimum Gasteiger partial charge on any atom is -0.508 e. The molecule has 1 heterocycles. The van der Waals surface area contributed by atoms with Crippen LogP contribution in [0.15, 0.2) is 146 Å². The zero-order valence-corrected chi connectivity index (χ0v) is 30.1. The van der Waals surface area contributed by atoms with Gasteiger partial charge in [0, 0.05) is 46.5 Å². The van der Waals surface area contributed by atoms with Crippen molar-refractivity contribution in [2.75, 3.05) is 12.7 Å². The number of ether oxygens (including phenoxy) is 1. The number of nitrogens with one attached hydrogen (secondary N) is 1. The summed E-state index contributed by atoms with van der Waals surface area (Å²) in [5, 5.41) is 39.9. The maximum atomic E-state index is 13.5. The predicted molar refractivity (Wildman–Crippen MR) is 211 cm³/mol. The third kappa shape index (κ3) is 6.94. The number of unbranched alkanes of at least 4 members (excludes halogenated alkanes) is 3. The Balaban J connectivity index is 1.05. The zero-order valence-electron chi connectivity index (χ0n) is 29.2. The normalized spacial score (nSPS) is 12.9. The summed E-state index contributed by atoms with van der Waals surface area (Å²) < 4.78 is 5.94. The van der Waals surface area contributed by atoms with Crippen molar-refractivity contribution in [3.05, 3.63) is 173 Å². The summed E-state index contributed by atoms with van der Waals surface area (Å²) in [6.07, 6.45) is 5.48. The number of rotatable bonds is 13. The number of carbonyl (C=O) groups excluding carboxylic acids is 2. The number of aromatic hydroxyl groups is 2. The average molecular weight is 723 g/mol. The van der Waals surface area contributed by atoms with Gasteiger partial charge < -0.3 is 25.4 Å². The molecule has 1 amide bonds. The second-order valence-corrected chi connectivity index (χ2v) is 16.9. The summed E-state index contributed by atoms with van der Waals surface area (Å²) in [6.45, 7) is 0.474. The molecule has 0 saturated carbocycles. The second kappa shape index (κ2) is 15.5. The van der Waals surface area contributed by atoms with Crippen LogP contribution in [0.4, 0.5) is 0 Å². The molecule has 0 saturated heterocycles. The number of aldehydes is 1. The number of phenolic OH excluding ortho intramolecular Hbond substituents is 2. The molecule has 0 atom stereocenters. The van der Waals surface area contributed by atoms with E-state index in [1.165, 1.54) is 64.4 Å². The molecule has 0 radical (unpaired) electrons. The Labute approximate surface area is 309 Å². The highest BCUT2D eigenvalue weighted by atomic mass is 31.2. The summed E-state index contributed by atoms with van der Waals surface area (Å²) in [7, 11) is -1.89. The molecule has 0 unspecified atom stereocenters. The van der Waals surface area contributed by atoms with Crippen molar-refractivity contribution in [1.82, 2.24) is 5.32 Å². The number of aliphatic hydroxyl groups is 1. The Morgan fingerprint density at radius 2 is 1.13 bits per heavy atom. The number of amides is 1. The van der Waals surface area contributed by atoms with Gasteiger partial charge >= 0.3 is 0 Å². The van der Waals surface area contributed by atoms with Crippen LogP contribution in [-0.2, 0) is 5.60 Å². The molecule has 0 fully saturated rings. The summed E-state index contributed by atoms with van der Waals surface area (Å²) in [5.41, 5.74) is -0.698. The second-order valence-electron chi connectivity index (χ2n) is 13.3. The lowest BCUT2D eigenvalue weighted by molar-refractivity contribution is 0.0949. The Kier molecular flexibility index (Phi) is 10.4. The molecule has 1 aliphatic rings. The third-order valence-corrected chi connectivity index (χ3v) is 14.6. The Morgan fingerprint density at radius 1 is 0.623 bits per heavy atom. The predicted octanol–water partition coefficient (Wildman–Crippen LogP) is 7.58. The number of hydrogen-bond acceptors (Lipinski definition) is 6. The maximum Gasteiger partial charge on any atom is 0.251 e. The van der Waals surface area contributed by atoms with E-state index in [-0.39, 0.29) is 56.7 Å². The number of benzene rings is 6. The van der Waals surface area contributed by atoms with Gasteiger partial charge in [-0.1, -0.05) is 67.1 Å². The Morgan fingerprint density at radius 3 is 1.64 bits per heavy atom. The Bertz CT molecular complexity index is 2080. The van der Waals surface area contributed by atoms with Crippen LogP contribution in [0.5, 0.6) is 23.0 Å². The van der Waals surface area contributed by atoms with Crippen molar-refractivity contribution < 1.29 is 29.6 Å². The molecule has 8 heteroatoms. The van der Waals surface area contributed by atoms with E-state index in [0.29, 0.717) is 12.8 Å². The highest BCUT2D eigenvalue weighted by molar-refractivity contribution is 7.95. The number of carbonyl (C=O) groups is 2. The summed E-state index contributed by atoms with van der Waals surface area (Å²) in [4.78, 5) is 25.8. The highest BCUT2D eigenvalue weighted by Gasteiger charge is 2.45. The molecule has 7 nitrogen and oxygen atoms in total. The average Bonchev–Trinajstić information content (AvgIpc) is 3.19. The zero-order chi connectivity index (χ0) is 36.8. The maximum absolute atomic E-state index is 13.5. The van der Waals surface area contributed by atoms with Crippen molar-refractivity contribution in [2.24, 2.45) is 0 Å². The van der Waals surface area contributed by atoms with E-state index < -0.39 is 12.9 Å². The van der Waals surface area contributed by atoms with Gasteiger partial charge in [0.2, 0.25) is 0 Å². The number of fused-ring (bicyclic) bond motifs is 2. The van der Waals surface area contributed by atoms with Crippen LogP contribution in [0.25, 0.3) is 0 Å². The first kappa shape index (κ1) is 35.6. The van der Waals surface area contributed by atoms with Crippen LogP contribution in [-0.4, -0.2) is 40.2 Å². The molecular formula is C45H41NO6P+. The third-order valence-electron chi connectivity index (χ3n) is 10.1. The van der Waals surface area contributed by atoms with Gasteiger partial charge in [-0.15, -0.1) is 0 Å². The number of phenols is 2. The van der Waals surface area contributed by atoms with Gasteiger partial charge in [0.1, 0.15) is 58.1 Å². The van der Waals surface area contributed by atoms with Crippen LogP contribution in [0, 0.1) is 0 Å². The first-order valence-corrected chi connectivity index (χ1v) is 19.8. The molecule has 7 rings (SSSR count). The SMILES string of the molecule is O=Cc1ccc(C(=O)NCCCCCC[P+](c2ccccc2)(c2ccccc2)c2ccccc2)cc1C1(O)c2ccc(O)cc2Oc2cc(O)ccc21. The Hall–Kier alpha value is -5.75. The highest BCUT2D eigenvalue weighted by Crippen LogP contribution is 2.56. The summed E-state index contributed by atoms with van der Waals surface area (Å²) in [5.74, 6) is -0.162. The molecule has 6 aromatic carbocycles. The smallest absolute Gasteiger partial charge is 0.251 e. The van der Waals surface area contributed by atoms with E-state index in [1.54, 1.807) is 6.07 Å². The van der Waals surface area contributed by atoms with E-state index in [9.17, 15) is 24.9 Å². The largest absolute Gasteiger partial charge is 0.508 e. The van der Waals surface area contributed by atoms with Crippen LogP contribution in [0.1, 0.15) is 63.1 Å². The molecule has 53 heavy (non-hydrogen) atoms. The molecule has 0 aliphatic carbocycles. The van der Waals surface area contributed by atoms with Crippen molar-refractivity contribution in [2.45, 2.75) is 31.3 Å². The molecule has 0 bridgehead atoms. The van der Waals surface area contributed by atoms with E-state index >= 15 is 0 Å². The quantitative estimate of drug-likeness (QED) is 0.0555. The molecule has 4 N–H and O–H groups in total. The van der Waals surface area contributed by atoms with Crippen LogP contribution in [0.3, 0.4) is 0 Å². The standard InChI is InChI=1S/C45H40NO6P/c47-31-33-21-20-32(28-41(33)45(51)39-24-22-34(48)29-42(39)52-43-30-35(49)23-25-40(43)45)44(50)46-26-12-1-2-13-27-53(36-14-6-3-7-15-36,37-16-8-4-9-17-37)38-18-10-5-11-19-38/h3-11,14-25,28-31,51H,1-2,12-13,26-27H2,(H2-,46,48,49,50)/p+1. The first-order valence-electron chi connectivity index (χ1n) is 17.8. The van der Waals surface area contributed by atoms with Gasteiger partial charge in [0.15, 0.2) is 0 Å². The summed E-state index contributed by atoms with van der Waals surface area (Å²) >= 11 is 0. The van der Waals surface area contributed by atoms with E-state index in [4.69, 9.17) is 4.74 Å². The van der Waals surface area contributed by atoms with Crippen molar-refractivity contribution >= 4 is 35.4 Å². The monoisotopic (exact) mass is 722 g/mol. The van der Waals surface area contributed by atoms with E-state index in [2.05, 4.69) is 96.3 Å². The van der Waals surface area contributed by atoms with Crippen LogP contribution in [0.2, 0.25) is 0 Å². The fraction of sp³-hybridized carbons (Fsp3) is 0.156. The van der Waals surface area contributed by atoms with Crippen molar-refractivity contribution in [1.29, 1.82) is 0 Å². The molecular weight excluding hydrogens is 681 g/mol. The molecule has 0 spiro atoms. The summed E-state index contributed by atoms with van der Waals surface area (Å²) in [6, 6.07) is 45.8. The molecule has 1 aliphatic heterocycles. The van der Waals surface area contributed by atoms with Gasteiger partial charge in [-0.3, -0.25) is 9.59 Å². The molecule has 266 valence electrons. The van der Waals surface area contributed by atoms with E-state index in [0.717, 1.165) is 31.8 Å². The van der Waals surface area contributed by atoms with Crippen LogP contribution < -0.4 is 26.0 Å². The lowest BCUT2D eigenvalue weighted by Crippen LogP contribution is -2.34. The minimum absolute atomic E-state index is 0.0805. The van der Waals surface area contributed by atoms with Gasteiger partial charge in [0.05, 0.1) is 6.16 Å². The number of hydrogen-bond donors (Lipinski definition) is 4. The molecule has 6 aromatic rings. The van der Waals surface area contributed by atoms with E-state index in [1.807, 2.05) is 0 Å². The fourth-order valence-corrected chi connectivity index (χ4v) is 11.9. The lowest BCUT2D eigenvalue weighted by atomic mass is 9.76. The van der Waals surface area contributed by atoms with Gasteiger partial charge in [-0.05, 0) is 92.1 Å². The molecule has 0 aromatic heterocycles. The van der Waals surface area contributed by atoms with Gasteiger partial charge in [-0.25, -0.2) is 0 Å². The van der Waals surface area contributed by atoms with Crippen molar-refractivity contribution in [3.63, 3.8) is 0 Å². The van der Waals surface area contributed by atoms with Crippen LogP contribution >= 0.6 is 7.26 Å². The lowest BCUT2D eigenvalue weighted by Gasteiger charge is -2.37. The first-order chi connectivity index (χ1) is 25.8.